The smallest absolute Gasteiger partial charge is 0.233 e. The Balaban J connectivity index is 1.84. The fourth-order valence-corrected chi connectivity index (χ4v) is 3.54. The molecule has 0 fully saturated rings. The van der Waals surface area contributed by atoms with Crippen LogP contribution in [0.3, 0.4) is 0 Å². The van der Waals surface area contributed by atoms with Gasteiger partial charge < -0.3 is 10.2 Å². The number of benzene rings is 2. The minimum Gasteiger partial charge on any atom is -0.339 e. The Bertz CT molecular complexity index is 988. The number of amides is 2. The van der Waals surface area contributed by atoms with Gasteiger partial charge in [0.15, 0.2) is 0 Å². The van der Waals surface area contributed by atoms with E-state index >= 15 is 0 Å². The van der Waals surface area contributed by atoms with Crippen LogP contribution in [0.2, 0.25) is 0 Å². The molecule has 0 heterocycles. The summed E-state index contributed by atoms with van der Waals surface area (Å²) in [5.41, 5.74) is 2.27. The summed E-state index contributed by atoms with van der Waals surface area (Å²) in [6, 6.07) is 16.3. The van der Waals surface area contributed by atoms with Crippen LogP contribution < -0.4 is 10.0 Å². The Morgan fingerprint density at radius 2 is 1.80 bits per heavy atom. The predicted octanol–water partition coefficient (Wildman–Crippen LogP) is 2.97. The highest BCUT2D eigenvalue weighted by molar-refractivity contribution is 7.92. The maximum absolute atomic E-state index is 12.1. The number of carbonyl (C=O) groups is 2. The maximum atomic E-state index is 12.1. The highest BCUT2D eigenvalue weighted by Crippen LogP contribution is 2.13. The van der Waals surface area contributed by atoms with Gasteiger partial charge in [-0.05, 0) is 36.3 Å². The van der Waals surface area contributed by atoms with Gasteiger partial charge >= 0.3 is 0 Å². The molecule has 0 aliphatic rings. The number of sulfonamides is 1. The Hall–Kier alpha value is -2.97. The molecule has 0 saturated heterocycles. The lowest BCUT2D eigenvalue weighted by atomic mass is 10.2. The predicted molar refractivity (Wildman–Crippen MR) is 119 cm³/mol. The molecule has 7 nitrogen and oxygen atoms in total. The maximum Gasteiger partial charge on any atom is 0.233 e. The molecule has 30 heavy (non-hydrogen) atoms. The molecule has 2 aromatic rings. The third kappa shape index (κ3) is 8.18. The molecule has 0 atom stereocenters. The molecule has 160 valence electrons. The van der Waals surface area contributed by atoms with Gasteiger partial charge in [-0.15, -0.1) is 0 Å². The SMILES string of the molecule is CCN(Cc1cccc(NC(=O)CCNS(=O)(=O)/C=C/c2ccccc2)c1)C(C)=O. The van der Waals surface area contributed by atoms with Crippen LogP contribution in [0, 0.1) is 0 Å². The second-order valence-electron chi connectivity index (χ2n) is 6.68. The molecule has 0 spiro atoms. The van der Waals surface area contributed by atoms with E-state index in [1.54, 1.807) is 35.2 Å². The normalized spacial score (nSPS) is 11.4. The number of nitrogens with one attached hydrogen (secondary N) is 2. The number of hydrogen-bond acceptors (Lipinski definition) is 4. The van der Waals surface area contributed by atoms with E-state index < -0.39 is 10.0 Å². The summed E-state index contributed by atoms with van der Waals surface area (Å²) in [4.78, 5) is 25.4. The summed E-state index contributed by atoms with van der Waals surface area (Å²) in [5.74, 6) is -0.318. The van der Waals surface area contributed by atoms with Crippen molar-refractivity contribution < 1.29 is 18.0 Å². The van der Waals surface area contributed by atoms with Crippen molar-refractivity contribution in [1.82, 2.24) is 9.62 Å². The van der Waals surface area contributed by atoms with Crippen molar-refractivity contribution in [3.05, 3.63) is 71.1 Å². The van der Waals surface area contributed by atoms with E-state index in [0.29, 0.717) is 18.8 Å². The molecule has 0 radical (unpaired) electrons. The lowest BCUT2D eigenvalue weighted by molar-refractivity contribution is -0.129. The van der Waals surface area contributed by atoms with Crippen molar-refractivity contribution in [1.29, 1.82) is 0 Å². The first-order valence-electron chi connectivity index (χ1n) is 9.66. The quantitative estimate of drug-likeness (QED) is 0.607. The first-order valence-corrected chi connectivity index (χ1v) is 11.2. The van der Waals surface area contributed by atoms with Gasteiger partial charge in [-0.2, -0.15) is 0 Å². The summed E-state index contributed by atoms with van der Waals surface area (Å²) in [5, 5.41) is 3.83. The fourth-order valence-electron chi connectivity index (χ4n) is 2.72. The highest BCUT2D eigenvalue weighted by atomic mass is 32.2. The molecule has 2 aromatic carbocycles. The second kappa shape index (κ2) is 11.3. The van der Waals surface area contributed by atoms with Crippen LogP contribution >= 0.6 is 0 Å². The molecule has 0 bridgehead atoms. The molecule has 2 amide bonds. The van der Waals surface area contributed by atoms with E-state index in [-0.39, 0.29) is 24.8 Å². The Morgan fingerprint density at radius 3 is 2.47 bits per heavy atom. The number of rotatable bonds is 10. The van der Waals surface area contributed by atoms with E-state index in [9.17, 15) is 18.0 Å². The first kappa shape index (κ1) is 23.3. The van der Waals surface area contributed by atoms with Crippen molar-refractivity contribution in [3.8, 4) is 0 Å². The Morgan fingerprint density at radius 1 is 1.07 bits per heavy atom. The van der Waals surface area contributed by atoms with Crippen molar-refractivity contribution >= 4 is 33.6 Å². The zero-order valence-electron chi connectivity index (χ0n) is 17.2. The molecule has 0 saturated carbocycles. The van der Waals surface area contributed by atoms with E-state index in [1.165, 1.54) is 13.0 Å². The van der Waals surface area contributed by atoms with Crippen LogP contribution in [-0.2, 0) is 26.2 Å². The molecule has 0 aliphatic carbocycles. The van der Waals surface area contributed by atoms with Crippen LogP contribution in [0.4, 0.5) is 5.69 Å². The molecule has 2 rings (SSSR count). The molecular formula is C22H27N3O4S. The van der Waals surface area contributed by atoms with Crippen molar-refractivity contribution in [2.24, 2.45) is 0 Å². The van der Waals surface area contributed by atoms with Gasteiger partial charge in [0.25, 0.3) is 0 Å². The molecular weight excluding hydrogens is 402 g/mol. The lowest BCUT2D eigenvalue weighted by Gasteiger charge is -2.19. The molecule has 0 aromatic heterocycles. The van der Waals surface area contributed by atoms with Gasteiger partial charge in [0.1, 0.15) is 0 Å². The topological polar surface area (TPSA) is 95.6 Å². The van der Waals surface area contributed by atoms with E-state index in [2.05, 4.69) is 10.0 Å². The van der Waals surface area contributed by atoms with Crippen LogP contribution in [0.5, 0.6) is 0 Å². The third-order valence-corrected chi connectivity index (χ3v) is 5.41. The average Bonchev–Trinajstić information content (AvgIpc) is 2.71. The highest BCUT2D eigenvalue weighted by Gasteiger charge is 2.10. The van der Waals surface area contributed by atoms with Gasteiger partial charge in [0, 0.05) is 44.1 Å². The number of anilines is 1. The van der Waals surface area contributed by atoms with Crippen LogP contribution in [0.1, 0.15) is 31.4 Å². The summed E-state index contributed by atoms with van der Waals surface area (Å²) >= 11 is 0. The first-order chi connectivity index (χ1) is 14.3. The van der Waals surface area contributed by atoms with Crippen molar-refractivity contribution in [3.63, 3.8) is 0 Å². The van der Waals surface area contributed by atoms with Crippen LogP contribution in [-0.4, -0.2) is 38.2 Å². The number of carbonyl (C=O) groups excluding carboxylic acids is 2. The molecule has 8 heteroatoms. The standard InChI is InChI=1S/C22H27N3O4S/c1-3-25(18(2)26)17-20-10-7-11-21(16-20)24-22(27)12-14-23-30(28,29)15-13-19-8-5-4-6-9-19/h4-11,13,15-16,23H,3,12,14,17H2,1-2H3,(H,24,27)/b15-13+. The van der Waals surface area contributed by atoms with Crippen LogP contribution in [0.25, 0.3) is 6.08 Å². The van der Waals surface area contributed by atoms with Gasteiger partial charge in [0.05, 0.1) is 0 Å². The van der Waals surface area contributed by atoms with Crippen molar-refractivity contribution in [2.45, 2.75) is 26.8 Å². The molecule has 0 unspecified atom stereocenters. The fraction of sp³-hybridized carbons (Fsp3) is 0.273. The molecule has 0 aliphatic heterocycles. The van der Waals surface area contributed by atoms with Crippen molar-refractivity contribution in [2.75, 3.05) is 18.4 Å². The van der Waals surface area contributed by atoms with Gasteiger partial charge in [-0.1, -0.05) is 42.5 Å². The third-order valence-electron chi connectivity index (χ3n) is 4.31. The Kier molecular flexibility index (Phi) is 8.76. The zero-order valence-corrected chi connectivity index (χ0v) is 18.0. The minimum absolute atomic E-state index is 0.00281. The summed E-state index contributed by atoms with van der Waals surface area (Å²) < 4.78 is 26.4. The van der Waals surface area contributed by atoms with Gasteiger partial charge in [0.2, 0.25) is 21.8 Å². The van der Waals surface area contributed by atoms with Crippen LogP contribution in [0.15, 0.2) is 60.0 Å². The summed E-state index contributed by atoms with van der Waals surface area (Å²) in [6.07, 6.45) is 1.49. The number of nitrogens with zero attached hydrogens (tertiary/aromatic N) is 1. The zero-order chi connectivity index (χ0) is 22.0. The number of hydrogen-bond donors (Lipinski definition) is 2. The second-order valence-corrected chi connectivity index (χ2v) is 8.34. The van der Waals surface area contributed by atoms with Gasteiger partial charge in [-0.3, -0.25) is 9.59 Å². The van der Waals surface area contributed by atoms with E-state index in [4.69, 9.17) is 0 Å². The molecule has 2 N–H and O–H groups in total. The summed E-state index contributed by atoms with van der Waals surface area (Å²) in [7, 11) is -3.63. The largest absolute Gasteiger partial charge is 0.339 e. The van der Waals surface area contributed by atoms with Gasteiger partial charge in [-0.25, -0.2) is 13.1 Å². The summed E-state index contributed by atoms with van der Waals surface area (Å²) in [6.45, 7) is 4.48. The Labute approximate surface area is 177 Å². The average molecular weight is 430 g/mol. The lowest BCUT2D eigenvalue weighted by Crippen LogP contribution is -2.28. The monoisotopic (exact) mass is 429 g/mol. The van der Waals surface area contributed by atoms with E-state index in [1.807, 2.05) is 31.2 Å². The van der Waals surface area contributed by atoms with E-state index in [0.717, 1.165) is 16.5 Å². The minimum atomic E-state index is -3.63.